The van der Waals surface area contributed by atoms with Gasteiger partial charge in [-0.1, -0.05) is 0 Å². The fraction of sp³-hybridized carbons (Fsp3) is 0.619. The Morgan fingerprint density at radius 1 is 1.33 bits per heavy atom. The molecule has 2 aromatic heterocycles. The Hall–Kier alpha value is -2.08. The van der Waals surface area contributed by atoms with E-state index in [0.29, 0.717) is 23.3 Å². The summed E-state index contributed by atoms with van der Waals surface area (Å²) in [6, 6.07) is 2.24. The minimum atomic E-state index is -0.463. The van der Waals surface area contributed by atoms with Crippen LogP contribution >= 0.6 is 0 Å². The van der Waals surface area contributed by atoms with Crippen molar-refractivity contribution in [2.24, 2.45) is 17.8 Å². The van der Waals surface area contributed by atoms with Crippen molar-refractivity contribution in [2.75, 3.05) is 5.32 Å². The van der Waals surface area contributed by atoms with Gasteiger partial charge in [0.1, 0.15) is 11.2 Å². The molecule has 2 heterocycles. The quantitative estimate of drug-likeness (QED) is 0.718. The Bertz CT molecular complexity index is 874. The van der Waals surface area contributed by atoms with Crippen LogP contribution in [0.15, 0.2) is 18.5 Å². The van der Waals surface area contributed by atoms with Crippen molar-refractivity contribution in [3.8, 4) is 0 Å². The molecule has 2 aromatic rings. The second kappa shape index (κ2) is 5.96. The monoisotopic (exact) mass is 369 g/mol. The van der Waals surface area contributed by atoms with Crippen LogP contribution < -0.4 is 5.32 Å². The second-order valence-electron chi connectivity index (χ2n) is 9.11. The third kappa shape index (κ3) is 2.81. The summed E-state index contributed by atoms with van der Waals surface area (Å²) in [6.07, 6.45) is 8.32. The predicted molar refractivity (Wildman–Crippen MR) is 103 cm³/mol. The second-order valence-corrected chi connectivity index (χ2v) is 9.11. The number of carbonyl (C=O) groups is 1. The van der Waals surface area contributed by atoms with Gasteiger partial charge in [0.2, 0.25) is 0 Å². The highest BCUT2D eigenvalue weighted by Crippen LogP contribution is 2.56. The molecule has 0 aliphatic heterocycles. The molecular weight excluding hydrogens is 342 g/mol. The summed E-state index contributed by atoms with van der Waals surface area (Å²) in [5, 5.41) is 15.5. The first kappa shape index (κ1) is 17.0. The molecule has 1 unspecified atom stereocenters. The Kier molecular flexibility index (Phi) is 3.76. The van der Waals surface area contributed by atoms with E-state index in [1.54, 1.807) is 6.20 Å². The lowest BCUT2D eigenvalue weighted by atomic mass is 9.52. The number of carbonyl (C=O) groups excluding carboxylic acids is 1. The van der Waals surface area contributed by atoms with Crippen LogP contribution in [0.25, 0.3) is 11.0 Å². The van der Waals surface area contributed by atoms with Gasteiger partial charge in [0.25, 0.3) is 0 Å². The molecule has 4 aliphatic carbocycles. The average Bonchev–Trinajstić information content (AvgIpc) is 3.04. The number of rotatable bonds is 4. The van der Waals surface area contributed by atoms with Crippen LogP contribution in [-0.4, -0.2) is 38.8 Å². The molecule has 0 spiro atoms. The van der Waals surface area contributed by atoms with Crippen LogP contribution in [0, 0.1) is 17.8 Å². The molecule has 6 heteroatoms. The van der Waals surface area contributed by atoms with Gasteiger partial charge in [0.05, 0.1) is 17.4 Å². The van der Waals surface area contributed by atoms with E-state index in [9.17, 15) is 9.90 Å². The molecule has 6 rings (SSSR count). The fourth-order valence-corrected chi connectivity index (χ4v) is 5.98. The molecule has 0 radical (unpaired) electrons. The van der Waals surface area contributed by atoms with Gasteiger partial charge in [0, 0.05) is 23.8 Å². The van der Waals surface area contributed by atoms with Crippen molar-refractivity contribution in [1.82, 2.24) is 9.97 Å². The van der Waals surface area contributed by atoms with E-state index in [1.807, 2.05) is 26.1 Å². The van der Waals surface area contributed by atoms with Crippen molar-refractivity contribution >= 4 is 22.7 Å². The van der Waals surface area contributed by atoms with Crippen molar-refractivity contribution in [2.45, 2.75) is 63.7 Å². The van der Waals surface area contributed by atoms with E-state index in [2.05, 4.69) is 15.3 Å². The predicted octanol–water partition coefficient (Wildman–Crippen LogP) is 3.48. The van der Waals surface area contributed by atoms with Crippen LogP contribution in [0.2, 0.25) is 0 Å². The molecule has 6 nitrogen and oxygen atoms in total. The largest absolute Gasteiger partial charge is 0.459 e. The van der Waals surface area contributed by atoms with Crippen molar-refractivity contribution in [3.63, 3.8) is 0 Å². The minimum Gasteiger partial charge on any atom is -0.459 e. The van der Waals surface area contributed by atoms with Crippen molar-refractivity contribution in [3.05, 3.63) is 24.0 Å². The van der Waals surface area contributed by atoms with E-state index in [0.717, 1.165) is 36.0 Å². The fourth-order valence-electron chi connectivity index (χ4n) is 5.98. The van der Waals surface area contributed by atoms with Gasteiger partial charge in [-0.25, -0.2) is 9.78 Å². The Labute approximate surface area is 158 Å². The number of H-pyrrole nitrogens is 1. The number of pyridine rings is 1. The third-order valence-corrected chi connectivity index (χ3v) is 6.70. The molecule has 4 aliphatic rings. The molecule has 0 aromatic carbocycles. The van der Waals surface area contributed by atoms with Gasteiger partial charge >= 0.3 is 5.97 Å². The first-order valence-electron chi connectivity index (χ1n) is 10.1. The number of aliphatic hydroxyl groups is 1. The molecule has 0 amide bonds. The number of hydrogen-bond donors (Lipinski definition) is 3. The normalized spacial score (nSPS) is 34.4. The van der Waals surface area contributed by atoms with Crippen molar-refractivity contribution in [1.29, 1.82) is 0 Å². The highest BCUT2D eigenvalue weighted by atomic mass is 16.5. The maximum absolute atomic E-state index is 12.7. The molecule has 5 atom stereocenters. The highest BCUT2D eigenvalue weighted by molar-refractivity contribution is 6.04. The maximum Gasteiger partial charge on any atom is 0.342 e. The third-order valence-electron chi connectivity index (χ3n) is 6.70. The smallest absolute Gasteiger partial charge is 0.342 e. The Balaban J connectivity index is 1.51. The number of esters is 1. The molecule has 0 saturated heterocycles. The zero-order valence-corrected chi connectivity index (χ0v) is 15.9. The van der Waals surface area contributed by atoms with Crippen LogP contribution in [0.1, 0.15) is 56.3 Å². The summed E-state index contributed by atoms with van der Waals surface area (Å²) < 4.78 is 5.46. The van der Waals surface area contributed by atoms with Crippen LogP contribution in [0.3, 0.4) is 0 Å². The van der Waals surface area contributed by atoms with Gasteiger partial charge < -0.3 is 20.1 Å². The van der Waals surface area contributed by atoms with Gasteiger partial charge in [-0.05, 0) is 69.8 Å². The standard InChI is InChI=1S/C21H27N3O3/c1-11(2)27-20(25)16-10-23-19-15(3-4-22-19)18(16)24-17-13-5-12-6-14(17)9-21(26,7-12)8-13/h3-4,10-14,17,26H,5-9H2,1-2H3,(H2,22,23,24)/t12-,13-,14+,17?,21-. The first-order chi connectivity index (χ1) is 12.9. The molecule has 4 fully saturated rings. The summed E-state index contributed by atoms with van der Waals surface area (Å²) in [4.78, 5) is 20.2. The van der Waals surface area contributed by atoms with Gasteiger partial charge in [-0.3, -0.25) is 0 Å². The Morgan fingerprint density at radius 2 is 2.07 bits per heavy atom. The average molecular weight is 369 g/mol. The lowest BCUT2D eigenvalue weighted by molar-refractivity contribution is -0.129. The van der Waals surface area contributed by atoms with E-state index in [1.165, 1.54) is 12.8 Å². The Morgan fingerprint density at radius 3 is 2.74 bits per heavy atom. The number of nitrogens with one attached hydrogen (secondary N) is 2. The molecule has 144 valence electrons. The zero-order valence-electron chi connectivity index (χ0n) is 15.9. The molecule has 4 bridgehead atoms. The van der Waals surface area contributed by atoms with E-state index >= 15 is 0 Å². The van der Waals surface area contributed by atoms with E-state index < -0.39 is 5.60 Å². The number of fused-ring (bicyclic) bond motifs is 1. The maximum atomic E-state index is 12.7. The number of aromatic nitrogens is 2. The summed E-state index contributed by atoms with van der Waals surface area (Å²) in [5.74, 6) is 1.22. The van der Waals surface area contributed by atoms with Gasteiger partial charge in [-0.15, -0.1) is 0 Å². The highest BCUT2D eigenvalue weighted by Gasteiger charge is 2.54. The summed E-state index contributed by atoms with van der Waals surface area (Å²) in [7, 11) is 0. The number of aromatic amines is 1. The number of nitrogens with zero attached hydrogens (tertiary/aromatic N) is 1. The lowest BCUT2D eigenvalue weighted by Gasteiger charge is -2.58. The van der Waals surface area contributed by atoms with Gasteiger partial charge in [0.15, 0.2) is 0 Å². The topological polar surface area (TPSA) is 87.2 Å². The van der Waals surface area contributed by atoms with Crippen LogP contribution in [-0.2, 0) is 4.74 Å². The first-order valence-corrected chi connectivity index (χ1v) is 10.1. The number of ether oxygens (including phenoxy) is 1. The van der Waals surface area contributed by atoms with E-state index in [-0.39, 0.29) is 18.1 Å². The SMILES string of the molecule is CC(C)OC(=O)c1cnc2[nH]ccc2c1NC1[C@@H]2C[C@@H]3C[C@H]1C[C@@](O)(C3)C2. The summed E-state index contributed by atoms with van der Waals surface area (Å²) >= 11 is 0. The molecule has 27 heavy (non-hydrogen) atoms. The molecular formula is C21H27N3O3. The van der Waals surface area contributed by atoms with Crippen LogP contribution in [0.4, 0.5) is 5.69 Å². The van der Waals surface area contributed by atoms with Crippen LogP contribution in [0.5, 0.6) is 0 Å². The molecule has 4 saturated carbocycles. The number of anilines is 1. The van der Waals surface area contributed by atoms with E-state index in [4.69, 9.17) is 4.74 Å². The molecule has 3 N–H and O–H groups in total. The zero-order chi connectivity index (χ0) is 18.8. The van der Waals surface area contributed by atoms with Crippen molar-refractivity contribution < 1.29 is 14.6 Å². The summed E-state index contributed by atoms with van der Waals surface area (Å²) in [6.45, 7) is 3.71. The number of hydrogen-bond acceptors (Lipinski definition) is 5. The minimum absolute atomic E-state index is 0.178. The lowest BCUT2D eigenvalue weighted by Crippen LogP contribution is -2.59. The van der Waals surface area contributed by atoms with Gasteiger partial charge in [-0.2, -0.15) is 0 Å². The summed E-state index contributed by atoms with van der Waals surface area (Å²) in [5.41, 5.74) is 1.61.